The third-order valence-corrected chi connectivity index (χ3v) is 2.02. The zero-order valence-corrected chi connectivity index (χ0v) is 14.3. The van der Waals surface area contributed by atoms with Crippen molar-refractivity contribution in [1.82, 2.24) is 0 Å². The Morgan fingerprint density at radius 1 is 0.870 bits per heavy atom. The molecular weight excluding hydrogens is 356 g/mol. The van der Waals surface area contributed by atoms with E-state index in [2.05, 4.69) is 9.98 Å². The third-order valence-electron chi connectivity index (χ3n) is 2.02. The van der Waals surface area contributed by atoms with Crippen molar-refractivity contribution in [3.63, 3.8) is 0 Å². The molecule has 138 valence electrons. The van der Waals surface area contributed by atoms with Crippen molar-refractivity contribution in [2.75, 3.05) is 0 Å². The van der Waals surface area contributed by atoms with Gasteiger partial charge < -0.3 is 41.0 Å². The van der Waals surface area contributed by atoms with Gasteiger partial charge in [-0.3, -0.25) is 9.98 Å². The number of hydrogen-bond acceptors (Lipinski definition) is 8. The maximum Gasteiger partial charge on any atom is 2.00 e. The summed E-state index contributed by atoms with van der Waals surface area (Å²) in [7, 11) is 0. The predicted octanol–water partition coefficient (Wildman–Crippen LogP) is -4.50. The first kappa shape index (κ1) is 33.3. The normalized spacial score (nSPS) is 14.9. The first-order chi connectivity index (χ1) is 9.18. The second-order valence-electron chi connectivity index (χ2n) is 3.82. The SMILES string of the molecule is CC=NC(C(=O)[O-])C(C)O.CC=NC(C(=O)[O-])C(C)O.O.O.[Fe+2]. The van der Waals surface area contributed by atoms with E-state index in [0.717, 1.165) is 0 Å². The van der Waals surface area contributed by atoms with Crippen molar-refractivity contribution in [2.24, 2.45) is 9.98 Å². The zero-order valence-electron chi connectivity index (χ0n) is 13.2. The second-order valence-corrected chi connectivity index (χ2v) is 3.82. The number of rotatable bonds is 6. The summed E-state index contributed by atoms with van der Waals surface area (Å²) in [5, 5.41) is 37.9. The maximum absolute atomic E-state index is 10.1. The second kappa shape index (κ2) is 18.7. The van der Waals surface area contributed by atoms with Crippen LogP contribution in [0.5, 0.6) is 0 Å². The van der Waals surface area contributed by atoms with E-state index in [1.165, 1.54) is 26.3 Å². The van der Waals surface area contributed by atoms with Gasteiger partial charge in [-0.25, -0.2) is 0 Å². The summed E-state index contributed by atoms with van der Waals surface area (Å²) in [6.45, 7) is 5.87. The van der Waals surface area contributed by atoms with Crippen molar-refractivity contribution in [3.05, 3.63) is 0 Å². The van der Waals surface area contributed by atoms with Crippen LogP contribution in [0, 0.1) is 0 Å². The molecule has 11 heteroatoms. The minimum atomic E-state index is -1.35. The van der Waals surface area contributed by atoms with Crippen molar-refractivity contribution in [1.29, 1.82) is 0 Å². The first-order valence-corrected chi connectivity index (χ1v) is 5.92. The molecule has 6 N–H and O–H groups in total. The standard InChI is InChI=1S/2C6H11NO3.Fe.2H2O/c2*1-3-7-5(4(2)8)6(9)10;;;/h2*3-5,8H,1-2H3,(H,9,10);;2*1H2/q;;+2;;/p-2. The van der Waals surface area contributed by atoms with Gasteiger partial charge >= 0.3 is 17.1 Å². The molecule has 0 saturated carbocycles. The van der Waals surface area contributed by atoms with E-state index in [-0.39, 0.29) is 28.0 Å². The van der Waals surface area contributed by atoms with Crippen LogP contribution in [-0.4, -0.2) is 69.8 Å². The number of aliphatic imine (C=N–C) groups is 2. The molecule has 4 unspecified atom stereocenters. The van der Waals surface area contributed by atoms with Crippen molar-refractivity contribution in [2.45, 2.75) is 52.0 Å². The molecule has 0 fully saturated rings. The quantitative estimate of drug-likeness (QED) is 0.342. The van der Waals surface area contributed by atoms with Crippen LogP contribution in [0.25, 0.3) is 0 Å². The Labute approximate surface area is 145 Å². The van der Waals surface area contributed by atoms with E-state index in [9.17, 15) is 19.8 Å². The van der Waals surface area contributed by atoms with Gasteiger partial charge in [-0.15, -0.1) is 0 Å². The van der Waals surface area contributed by atoms with Gasteiger partial charge in [0.2, 0.25) is 0 Å². The van der Waals surface area contributed by atoms with Gasteiger partial charge in [-0.05, 0) is 40.1 Å². The van der Waals surface area contributed by atoms with Crippen LogP contribution in [-0.2, 0) is 26.7 Å². The summed E-state index contributed by atoms with van der Waals surface area (Å²) in [6, 6.07) is -2.27. The number of nitrogens with zero attached hydrogens (tertiary/aromatic N) is 2. The first-order valence-electron chi connectivity index (χ1n) is 5.92. The molecule has 23 heavy (non-hydrogen) atoms. The largest absolute Gasteiger partial charge is 2.00 e. The Balaban J connectivity index is -0.0000000831. The number of aliphatic carboxylic acids is 2. The van der Waals surface area contributed by atoms with Crippen LogP contribution >= 0.6 is 0 Å². The van der Waals surface area contributed by atoms with E-state index in [4.69, 9.17) is 10.2 Å². The summed E-state index contributed by atoms with van der Waals surface area (Å²) in [4.78, 5) is 27.3. The summed E-state index contributed by atoms with van der Waals surface area (Å²) in [5.41, 5.74) is 0. The number of carbonyl (C=O) groups is 2. The van der Waals surface area contributed by atoms with E-state index < -0.39 is 36.2 Å². The molecule has 0 aromatic rings. The number of carboxylic acids is 2. The molecule has 0 aromatic heterocycles. The van der Waals surface area contributed by atoms with E-state index in [1.54, 1.807) is 13.8 Å². The maximum atomic E-state index is 10.1. The van der Waals surface area contributed by atoms with Crippen molar-refractivity contribution >= 4 is 24.4 Å². The van der Waals surface area contributed by atoms with E-state index >= 15 is 0 Å². The van der Waals surface area contributed by atoms with Gasteiger partial charge in [0, 0.05) is 0 Å². The van der Waals surface area contributed by atoms with Crippen LogP contribution in [0.1, 0.15) is 27.7 Å². The summed E-state index contributed by atoms with van der Waals surface area (Å²) in [6.07, 6.45) is 0.655. The Hall–Kier alpha value is -1.36. The molecule has 0 aliphatic heterocycles. The van der Waals surface area contributed by atoms with E-state index in [0.29, 0.717) is 0 Å². The van der Waals surface area contributed by atoms with Gasteiger partial charge in [0.05, 0.1) is 24.1 Å². The summed E-state index contributed by atoms with van der Waals surface area (Å²) in [5.74, 6) is -2.71. The smallest absolute Gasteiger partial charge is 0.548 e. The molecular formula is C12H24FeN2O8. The summed E-state index contributed by atoms with van der Waals surface area (Å²) >= 11 is 0. The van der Waals surface area contributed by atoms with Gasteiger partial charge in [0.15, 0.2) is 0 Å². The minimum absolute atomic E-state index is 0. The Morgan fingerprint density at radius 3 is 1.13 bits per heavy atom. The molecule has 0 radical (unpaired) electrons. The van der Waals surface area contributed by atoms with Gasteiger partial charge in [-0.2, -0.15) is 0 Å². The fourth-order valence-corrected chi connectivity index (χ4v) is 1.09. The molecule has 0 spiro atoms. The molecule has 0 aliphatic carbocycles. The van der Waals surface area contributed by atoms with Crippen LogP contribution in [0.3, 0.4) is 0 Å². The number of carbonyl (C=O) groups excluding carboxylic acids is 2. The predicted molar refractivity (Wildman–Crippen MR) is 76.5 cm³/mol. The van der Waals surface area contributed by atoms with Crippen LogP contribution in [0.2, 0.25) is 0 Å². The molecule has 0 aliphatic rings. The molecule has 0 heterocycles. The topological polar surface area (TPSA) is 208 Å². The monoisotopic (exact) mass is 380 g/mol. The van der Waals surface area contributed by atoms with Crippen molar-refractivity contribution < 1.29 is 58.0 Å². The molecule has 0 aromatic carbocycles. The molecule has 10 nitrogen and oxygen atoms in total. The van der Waals surface area contributed by atoms with Crippen LogP contribution in [0.4, 0.5) is 0 Å². The third kappa shape index (κ3) is 16.8. The molecule has 0 rings (SSSR count). The van der Waals surface area contributed by atoms with E-state index in [1.807, 2.05) is 0 Å². The van der Waals surface area contributed by atoms with Gasteiger partial charge in [0.25, 0.3) is 0 Å². The number of aliphatic hydroxyl groups excluding tert-OH is 2. The van der Waals surface area contributed by atoms with Crippen LogP contribution < -0.4 is 10.2 Å². The molecule has 0 amide bonds. The fourth-order valence-electron chi connectivity index (χ4n) is 1.09. The molecule has 4 atom stereocenters. The zero-order chi connectivity index (χ0) is 16.3. The average molecular weight is 380 g/mol. The number of carboxylic acid groups (broad SMARTS) is 2. The van der Waals surface area contributed by atoms with Gasteiger partial charge in [0.1, 0.15) is 12.1 Å². The molecule has 0 bridgehead atoms. The van der Waals surface area contributed by atoms with Crippen molar-refractivity contribution in [3.8, 4) is 0 Å². The van der Waals surface area contributed by atoms with Crippen LogP contribution in [0.15, 0.2) is 9.98 Å². The summed E-state index contributed by atoms with van der Waals surface area (Å²) < 4.78 is 0. The minimum Gasteiger partial charge on any atom is -0.548 e. The Morgan fingerprint density at radius 2 is 1.09 bits per heavy atom. The Kier molecular flexibility index (Phi) is 27.1. The Bertz CT molecular complexity index is 327. The number of hydrogen-bond donors (Lipinski definition) is 2. The van der Waals surface area contributed by atoms with Gasteiger partial charge in [-0.1, -0.05) is 0 Å². The number of aliphatic hydroxyl groups is 2. The average Bonchev–Trinajstić information content (AvgIpc) is 2.32. The molecule has 0 saturated heterocycles. The fraction of sp³-hybridized carbons (Fsp3) is 0.667.